The molecule has 0 unspecified atom stereocenters. The fourth-order valence-corrected chi connectivity index (χ4v) is 2.60. The first-order chi connectivity index (χ1) is 9.11. The Hall–Kier alpha value is -2.46. The van der Waals surface area contributed by atoms with Gasteiger partial charge in [-0.25, -0.2) is 18.4 Å². The lowest BCUT2D eigenvalue weighted by molar-refractivity contribution is 0.600. The van der Waals surface area contributed by atoms with Gasteiger partial charge in [0.2, 0.25) is 16.0 Å². The molecule has 0 atom stereocenters. The van der Waals surface area contributed by atoms with Crippen LogP contribution in [0.2, 0.25) is 0 Å². The first-order valence-electron chi connectivity index (χ1n) is 5.36. The van der Waals surface area contributed by atoms with Gasteiger partial charge in [0.1, 0.15) is 0 Å². The maximum Gasteiger partial charge on any atom is 0.239 e. The lowest BCUT2D eigenvalue weighted by atomic mass is 10.1. The van der Waals surface area contributed by atoms with Crippen LogP contribution < -0.4 is 4.72 Å². The van der Waals surface area contributed by atoms with Crippen LogP contribution in [0.5, 0.6) is 0 Å². The molecule has 0 amide bonds. The molecule has 0 saturated carbocycles. The van der Waals surface area contributed by atoms with Crippen LogP contribution in [0.15, 0.2) is 42.7 Å². The highest BCUT2D eigenvalue weighted by molar-refractivity contribution is 7.91. The van der Waals surface area contributed by atoms with Crippen molar-refractivity contribution in [2.45, 2.75) is 5.75 Å². The van der Waals surface area contributed by atoms with Crippen molar-refractivity contribution >= 4 is 16.0 Å². The highest BCUT2D eigenvalue weighted by Gasteiger charge is 2.15. The third-order valence-corrected chi connectivity index (χ3v) is 3.48. The van der Waals surface area contributed by atoms with Gasteiger partial charge in [-0.05, 0) is 17.7 Å². The zero-order valence-electron chi connectivity index (χ0n) is 9.81. The maximum absolute atomic E-state index is 11.9. The third-order valence-electron chi connectivity index (χ3n) is 2.30. The molecule has 0 saturated heterocycles. The molecule has 2 aromatic rings. The summed E-state index contributed by atoms with van der Waals surface area (Å²) >= 11 is 0. The topological polar surface area (TPSA) is 95.7 Å². The van der Waals surface area contributed by atoms with Gasteiger partial charge >= 0.3 is 0 Å². The second kappa shape index (κ2) is 5.46. The summed E-state index contributed by atoms with van der Waals surface area (Å²) in [6.07, 6.45) is 2.88. The van der Waals surface area contributed by atoms with E-state index >= 15 is 0 Å². The minimum Gasteiger partial charge on any atom is -0.251 e. The summed E-state index contributed by atoms with van der Waals surface area (Å²) < 4.78 is 26.1. The highest BCUT2D eigenvalue weighted by atomic mass is 32.2. The van der Waals surface area contributed by atoms with Crippen LogP contribution in [0.4, 0.5) is 5.95 Å². The molecule has 6 nitrogen and oxygen atoms in total. The van der Waals surface area contributed by atoms with Gasteiger partial charge in [-0.3, -0.25) is 4.72 Å². The minimum absolute atomic E-state index is 0.0111. The molecule has 0 aliphatic rings. The standard InChI is InChI=1S/C12H10N4O2S/c13-8-10-4-1-2-5-11(10)9-19(17,18)16-12-14-6-3-7-15-12/h1-7H,9H2,(H,14,15,16). The molecule has 19 heavy (non-hydrogen) atoms. The number of nitriles is 1. The van der Waals surface area contributed by atoms with E-state index in [2.05, 4.69) is 14.7 Å². The number of sulfonamides is 1. The second-order valence-electron chi connectivity index (χ2n) is 3.70. The lowest BCUT2D eigenvalue weighted by Crippen LogP contribution is -2.17. The van der Waals surface area contributed by atoms with Crippen LogP contribution in [0, 0.1) is 11.3 Å². The average molecular weight is 274 g/mol. The molecule has 0 radical (unpaired) electrons. The maximum atomic E-state index is 11.9. The van der Waals surface area contributed by atoms with E-state index in [0.717, 1.165) is 0 Å². The normalized spacial score (nSPS) is 10.7. The zero-order chi connectivity index (χ0) is 13.7. The average Bonchev–Trinajstić information content (AvgIpc) is 2.39. The summed E-state index contributed by atoms with van der Waals surface area (Å²) in [4.78, 5) is 7.56. The van der Waals surface area contributed by atoms with E-state index in [-0.39, 0.29) is 11.7 Å². The van der Waals surface area contributed by atoms with Crippen LogP contribution in [-0.2, 0) is 15.8 Å². The van der Waals surface area contributed by atoms with Crippen molar-refractivity contribution in [1.82, 2.24) is 9.97 Å². The number of rotatable bonds is 4. The zero-order valence-corrected chi connectivity index (χ0v) is 10.6. The number of aromatic nitrogens is 2. The predicted octanol–water partition coefficient (Wildman–Crippen LogP) is 1.29. The van der Waals surface area contributed by atoms with E-state index < -0.39 is 10.0 Å². The van der Waals surface area contributed by atoms with Crippen LogP contribution in [-0.4, -0.2) is 18.4 Å². The van der Waals surface area contributed by atoms with Gasteiger partial charge in [-0.15, -0.1) is 0 Å². The first-order valence-corrected chi connectivity index (χ1v) is 7.01. The van der Waals surface area contributed by atoms with E-state index in [1.807, 2.05) is 6.07 Å². The number of hydrogen-bond donors (Lipinski definition) is 1. The Morgan fingerprint density at radius 3 is 2.53 bits per heavy atom. The first kappa shape index (κ1) is 13.0. The van der Waals surface area contributed by atoms with Crippen molar-refractivity contribution in [1.29, 1.82) is 5.26 Å². The van der Waals surface area contributed by atoms with Crippen LogP contribution in [0.1, 0.15) is 11.1 Å². The summed E-state index contributed by atoms with van der Waals surface area (Å²) in [6.45, 7) is 0. The van der Waals surface area contributed by atoms with E-state index in [1.165, 1.54) is 12.4 Å². The quantitative estimate of drug-likeness (QED) is 0.906. The Kier molecular flexibility index (Phi) is 3.73. The van der Waals surface area contributed by atoms with Crippen molar-refractivity contribution in [3.05, 3.63) is 53.9 Å². The van der Waals surface area contributed by atoms with Crippen molar-refractivity contribution in [2.24, 2.45) is 0 Å². The van der Waals surface area contributed by atoms with Crippen molar-refractivity contribution in [2.75, 3.05) is 4.72 Å². The highest BCUT2D eigenvalue weighted by Crippen LogP contribution is 2.12. The smallest absolute Gasteiger partial charge is 0.239 e. The van der Waals surface area contributed by atoms with Crippen LogP contribution in [0.3, 0.4) is 0 Å². The molecule has 1 aromatic heterocycles. The molecule has 1 aromatic carbocycles. The van der Waals surface area contributed by atoms with Gasteiger partial charge in [0, 0.05) is 12.4 Å². The molecular weight excluding hydrogens is 264 g/mol. The minimum atomic E-state index is -3.65. The third kappa shape index (κ3) is 3.50. The van der Waals surface area contributed by atoms with Crippen molar-refractivity contribution < 1.29 is 8.42 Å². The predicted molar refractivity (Wildman–Crippen MR) is 69.4 cm³/mol. The molecule has 96 valence electrons. The molecule has 0 bridgehead atoms. The Bertz CT molecular complexity index is 708. The monoisotopic (exact) mass is 274 g/mol. The van der Waals surface area contributed by atoms with E-state index in [1.54, 1.807) is 30.3 Å². The number of hydrogen-bond acceptors (Lipinski definition) is 5. The van der Waals surface area contributed by atoms with E-state index in [4.69, 9.17) is 5.26 Å². The molecule has 1 heterocycles. The number of nitrogens with one attached hydrogen (secondary N) is 1. The summed E-state index contributed by atoms with van der Waals surface area (Å²) in [5, 5.41) is 8.92. The van der Waals surface area contributed by atoms with Gasteiger partial charge in [-0.1, -0.05) is 18.2 Å². The van der Waals surface area contributed by atoms with Crippen molar-refractivity contribution in [3.63, 3.8) is 0 Å². The van der Waals surface area contributed by atoms with Crippen LogP contribution >= 0.6 is 0 Å². The summed E-state index contributed by atoms with van der Waals surface area (Å²) in [5.41, 5.74) is 0.773. The number of anilines is 1. The molecule has 2 rings (SSSR count). The molecule has 0 aliphatic heterocycles. The molecule has 1 N–H and O–H groups in total. The SMILES string of the molecule is N#Cc1ccccc1CS(=O)(=O)Nc1ncccn1. The fourth-order valence-electron chi connectivity index (χ4n) is 1.49. The van der Waals surface area contributed by atoms with Crippen LogP contribution in [0.25, 0.3) is 0 Å². The summed E-state index contributed by atoms with van der Waals surface area (Å²) in [5.74, 6) is -0.286. The van der Waals surface area contributed by atoms with Gasteiger partial charge < -0.3 is 0 Å². The van der Waals surface area contributed by atoms with Gasteiger partial charge in [0.25, 0.3) is 0 Å². The summed E-state index contributed by atoms with van der Waals surface area (Å²) in [7, 11) is -3.65. The number of benzene rings is 1. The number of nitrogens with zero attached hydrogens (tertiary/aromatic N) is 3. The summed E-state index contributed by atoms with van der Waals surface area (Å²) in [6, 6.07) is 10.1. The molecule has 0 fully saturated rings. The van der Waals surface area contributed by atoms with Crippen molar-refractivity contribution in [3.8, 4) is 6.07 Å². The second-order valence-corrected chi connectivity index (χ2v) is 5.42. The van der Waals surface area contributed by atoms with Gasteiger partial charge in [-0.2, -0.15) is 5.26 Å². The fraction of sp³-hybridized carbons (Fsp3) is 0.0833. The largest absolute Gasteiger partial charge is 0.251 e. The van der Waals surface area contributed by atoms with E-state index in [0.29, 0.717) is 11.1 Å². The molecule has 7 heteroatoms. The molecule has 0 spiro atoms. The Morgan fingerprint density at radius 2 is 1.84 bits per heavy atom. The lowest BCUT2D eigenvalue weighted by Gasteiger charge is -2.07. The van der Waals surface area contributed by atoms with E-state index in [9.17, 15) is 8.42 Å². The van der Waals surface area contributed by atoms with Gasteiger partial charge in [0.05, 0.1) is 17.4 Å². The van der Waals surface area contributed by atoms with Gasteiger partial charge in [0.15, 0.2) is 0 Å². The molecule has 0 aliphatic carbocycles. The molecular formula is C12H10N4O2S. The Balaban J connectivity index is 2.21. The Morgan fingerprint density at radius 1 is 1.16 bits per heavy atom. The Labute approximate surface area is 110 Å².